The standard InChI is InChI=1S/C59H51N5S/c1-35-16-9-14-23-51(35)62(37-26-24-36(25-27-37)57(2,3)4)39-31-45-42-19-15-22-50-55(42)64(61-60-50)65-54-34-49-44(41-18-11-13-21-47(41)59(49,7)8)33-52(54)63(53(32-39)56(45)65)38-28-29-48-43(30-38)40-17-10-12-20-46(40)58(48,5)6/h9-34,65H,1-8H3. The molecule has 2 aliphatic carbocycles. The van der Waals surface area contributed by atoms with Gasteiger partial charge in [-0.25, -0.2) is 0 Å². The molecule has 0 N–H and O–H groups in total. The van der Waals surface area contributed by atoms with Crippen molar-refractivity contribution in [1.82, 2.24) is 14.4 Å². The monoisotopic (exact) mass is 861 g/mol. The Morgan fingerprint density at radius 2 is 1.18 bits per heavy atom. The summed E-state index contributed by atoms with van der Waals surface area (Å²) in [5.41, 5.74) is 24.3. The second-order valence-corrected chi connectivity index (χ2v) is 22.5. The summed E-state index contributed by atoms with van der Waals surface area (Å²) in [6, 6.07) is 59.8. The maximum atomic E-state index is 5.07. The molecule has 8 aromatic carbocycles. The Morgan fingerprint density at radius 3 is 1.91 bits per heavy atom. The molecule has 0 saturated carbocycles. The van der Waals surface area contributed by atoms with Gasteiger partial charge in [0.15, 0.2) is 0 Å². The molecule has 0 bridgehead atoms. The number of benzene rings is 8. The molecule has 1 unspecified atom stereocenters. The minimum atomic E-state index is -1.19. The highest BCUT2D eigenvalue weighted by Crippen LogP contribution is 2.68. The number of para-hydroxylation sites is 2. The van der Waals surface area contributed by atoms with Crippen LogP contribution in [0.25, 0.3) is 44.4 Å². The Morgan fingerprint density at radius 1 is 0.538 bits per heavy atom. The third-order valence-corrected chi connectivity index (χ3v) is 17.4. The molecule has 5 nitrogen and oxygen atoms in total. The predicted molar refractivity (Wildman–Crippen MR) is 272 cm³/mol. The number of rotatable bonds is 4. The molecule has 318 valence electrons. The van der Waals surface area contributed by atoms with Crippen LogP contribution in [0.5, 0.6) is 0 Å². The Bertz CT molecular complexity index is 3510. The topological polar surface area (TPSA) is 37.2 Å². The third-order valence-electron chi connectivity index (χ3n) is 15.0. The van der Waals surface area contributed by atoms with Crippen molar-refractivity contribution in [1.29, 1.82) is 0 Å². The molecule has 3 heterocycles. The fourth-order valence-corrected chi connectivity index (χ4v) is 14.2. The van der Waals surface area contributed by atoms with Crippen LogP contribution in [0.15, 0.2) is 168 Å². The van der Waals surface area contributed by atoms with Crippen molar-refractivity contribution in [3.8, 4) is 33.4 Å². The van der Waals surface area contributed by atoms with E-state index in [9.17, 15) is 0 Å². The third kappa shape index (κ3) is 5.23. The second kappa shape index (κ2) is 13.1. The highest BCUT2D eigenvalue weighted by Gasteiger charge is 2.44. The Kier molecular flexibility index (Phi) is 7.78. The molecule has 6 heteroatoms. The number of aromatic nitrogens is 3. The largest absolute Gasteiger partial charge is 0.310 e. The van der Waals surface area contributed by atoms with Gasteiger partial charge in [-0.3, -0.25) is 0 Å². The van der Waals surface area contributed by atoms with Crippen molar-refractivity contribution in [2.75, 3.05) is 9.80 Å². The number of thiol groups is 1. The molecule has 0 spiro atoms. The number of hydrogen-bond acceptors (Lipinski definition) is 4. The lowest BCUT2D eigenvalue weighted by Crippen LogP contribution is -2.24. The van der Waals surface area contributed by atoms with Gasteiger partial charge in [-0.1, -0.05) is 162 Å². The van der Waals surface area contributed by atoms with Gasteiger partial charge in [0.05, 0.1) is 11.4 Å². The summed E-state index contributed by atoms with van der Waals surface area (Å²) >= 11 is -1.19. The van der Waals surface area contributed by atoms with E-state index < -0.39 is 11.1 Å². The van der Waals surface area contributed by atoms with Crippen molar-refractivity contribution in [2.45, 2.75) is 81.4 Å². The first-order valence-corrected chi connectivity index (χ1v) is 24.2. The second-order valence-electron chi connectivity index (χ2n) is 20.5. The van der Waals surface area contributed by atoms with E-state index in [1.54, 1.807) is 0 Å². The maximum Gasteiger partial charge on any atom is 0.114 e. The zero-order valence-electron chi connectivity index (χ0n) is 38.2. The molecule has 1 atom stereocenters. The van der Waals surface area contributed by atoms with Gasteiger partial charge in [-0.2, -0.15) is 4.09 Å². The number of fused-ring (bicyclic) bond motifs is 10. The van der Waals surface area contributed by atoms with Crippen LogP contribution in [-0.4, -0.2) is 14.4 Å². The summed E-state index contributed by atoms with van der Waals surface area (Å²) in [5.74, 6) is 0. The van der Waals surface area contributed by atoms with E-state index in [-0.39, 0.29) is 16.2 Å². The van der Waals surface area contributed by atoms with Gasteiger partial charge in [-0.05, 0) is 129 Å². The van der Waals surface area contributed by atoms with Gasteiger partial charge >= 0.3 is 0 Å². The lowest BCUT2D eigenvalue weighted by molar-refractivity contribution is 0.590. The molecule has 4 aliphatic rings. The summed E-state index contributed by atoms with van der Waals surface area (Å²) in [5, 5.41) is 9.95. The van der Waals surface area contributed by atoms with E-state index in [1.807, 2.05) is 0 Å². The van der Waals surface area contributed by atoms with Crippen LogP contribution >= 0.6 is 11.1 Å². The molecular weight excluding hydrogens is 811 g/mol. The Hall–Kier alpha value is -6.89. The first kappa shape index (κ1) is 38.6. The van der Waals surface area contributed by atoms with Gasteiger partial charge in [0.2, 0.25) is 0 Å². The summed E-state index contributed by atoms with van der Waals surface area (Å²) in [7, 11) is 0. The molecule has 13 rings (SSSR count). The Labute approximate surface area is 384 Å². The highest BCUT2D eigenvalue weighted by molar-refractivity contribution is 8.16. The quantitative estimate of drug-likeness (QED) is 0.179. The lowest BCUT2D eigenvalue weighted by Gasteiger charge is -2.44. The minimum absolute atomic E-state index is 0.0320. The van der Waals surface area contributed by atoms with E-state index in [4.69, 9.17) is 10.3 Å². The Balaban J connectivity index is 1.15. The molecule has 0 amide bonds. The van der Waals surface area contributed by atoms with Crippen molar-refractivity contribution < 1.29 is 0 Å². The van der Waals surface area contributed by atoms with E-state index in [0.29, 0.717) is 0 Å². The van der Waals surface area contributed by atoms with Gasteiger partial charge in [0.1, 0.15) is 11.0 Å². The summed E-state index contributed by atoms with van der Waals surface area (Å²) in [4.78, 5) is 7.68. The van der Waals surface area contributed by atoms with E-state index >= 15 is 0 Å². The van der Waals surface area contributed by atoms with Crippen molar-refractivity contribution >= 4 is 56.2 Å². The van der Waals surface area contributed by atoms with Crippen LogP contribution in [0.2, 0.25) is 0 Å². The van der Waals surface area contributed by atoms with Crippen LogP contribution in [0.3, 0.4) is 0 Å². The van der Waals surface area contributed by atoms with E-state index in [0.717, 1.165) is 33.8 Å². The normalized spacial score (nSPS) is 16.9. The zero-order valence-corrected chi connectivity index (χ0v) is 39.1. The molecule has 65 heavy (non-hydrogen) atoms. The molecule has 2 aliphatic heterocycles. The lowest BCUT2D eigenvalue weighted by atomic mass is 9.82. The van der Waals surface area contributed by atoms with Crippen molar-refractivity contribution in [2.24, 2.45) is 0 Å². The molecule has 9 aromatic rings. The predicted octanol–water partition coefficient (Wildman–Crippen LogP) is 15.8. The zero-order chi connectivity index (χ0) is 44.3. The average Bonchev–Trinajstić information content (AvgIpc) is 3.91. The van der Waals surface area contributed by atoms with Crippen LogP contribution in [0.1, 0.15) is 81.8 Å². The van der Waals surface area contributed by atoms with Gasteiger partial charge in [0.25, 0.3) is 0 Å². The first-order valence-electron chi connectivity index (χ1n) is 22.9. The van der Waals surface area contributed by atoms with Crippen molar-refractivity contribution in [3.63, 3.8) is 0 Å². The highest BCUT2D eigenvalue weighted by atomic mass is 32.2. The van der Waals surface area contributed by atoms with E-state index in [2.05, 4.69) is 227 Å². The maximum absolute atomic E-state index is 5.07. The van der Waals surface area contributed by atoms with Crippen molar-refractivity contribution in [3.05, 3.63) is 191 Å². The smallest absolute Gasteiger partial charge is 0.114 e. The van der Waals surface area contributed by atoms with Crippen LogP contribution in [0.4, 0.5) is 34.1 Å². The molecule has 1 aromatic heterocycles. The van der Waals surface area contributed by atoms with E-state index in [1.165, 1.54) is 87.9 Å². The summed E-state index contributed by atoms with van der Waals surface area (Å²) in [6.07, 6.45) is 0. The molecule has 0 saturated heterocycles. The number of nitrogens with zero attached hydrogens (tertiary/aromatic N) is 5. The summed E-state index contributed by atoms with van der Waals surface area (Å²) in [6.45, 7) is 18.6. The SMILES string of the molecule is Cc1ccccc1N(c1ccc(C(C)(C)C)cc1)c1cc2c3c(c1)N(c1ccc4c(c1)-c1ccccc1C4(C)C)c1cc4c(cc1[SH]3n1nnc3cccc-2c31)C(C)(C)c1ccccc1-4. The fraction of sp³-hybridized carbons (Fsp3) is 0.186. The summed E-state index contributed by atoms with van der Waals surface area (Å²) < 4.78 is 2.29. The molecule has 0 radical (unpaired) electrons. The van der Waals surface area contributed by atoms with Gasteiger partial charge < -0.3 is 9.80 Å². The van der Waals surface area contributed by atoms with Gasteiger partial charge in [-0.15, -0.1) is 5.10 Å². The number of anilines is 6. The molecular formula is C59H51N5S. The van der Waals surface area contributed by atoms with Crippen LogP contribution in [0, 0.1) is 6.92 Å². The number of hydrogen-bond donors (Lipinski definition) is 1. The number of aryl methyl sites for hydroxylation is 1. The van der Waals surface area contributed by atoms with Crippen LogP contribution < -0.4 is 9.80 Å². The van der Waals surface area contributed by atoms with Crippen LogP contribution in [-0.2, 0) is 16.2 Å². The minimum Gasteiger partial charge on any atom is -0.310 e. The fourth-order valence-electron chi connectivity index (χ4n) is 11.6. The average molecular weight is 862 g/mol. The first-order chi connectivity index (χ1) is 31.3. The van der Waals surface area contributed by atoms with Gasteiger partial charge in [0, 0.05) is 54.5 Å². The molecule has 0 fully saturated rings.